The predicted molar refractivity (Wildman–Crippen MR) is 123 cm³/mol. The number of hydrogen-bond acceptors (Lipinski definition) is 4. The summed E-state index contributed by atoms with van der Waals surface area (Å²) in [4.78, 5) is 26.0. The zero-order valence-corrected chi connectivity index (χ0v) is 17.5. The number of methoxy groups -OCH3 is 1. The van der Waals surface area contributed by atoms with Crippen molar-refractivity contribution in [3.05, 3.63) is 108 Å². The van der Waals surface area contributed by atoms with Crippen LogP contribution < -0.4 is 9.47 Å². The van der Waals surface area contributed by atoms with Crippen molar-refractivity contribution in [3.8, 4) is 33.8 Å². The summed E-state index contributed by atoms with van der Waals surface area (Å²) < 4.78 is 11.0. The lowest BCUT2D eigenvalue weighted by Crippen LogP contribution is -2.08. The molecule has 4 nitrogen and oxygen atoms in total. The van der Waals surface area contributed by atoms with E-state index in [2.05, 4.69) is 0 Å². The van der Waals surface area contributed by atoms with Crippen LogP contribution in [-0.2, 0) is 11.2 Å². The topological polar surface area (TPSA) is 52.6 Å². The van der Waals surface area contributed by atoms with Crippen molar-refractivity contribution >= 4 is 11.8 Å². The Balaban J connectivity index is 1.80. The monoisotopic (exact) mass is 420 g/mol. The van der Waals surface area contributed by atoms with Crippen LogP contribution >= 0.6 is 0 Å². The van der Waals surface area contributed by atoms with Gasteiger partial charge in [0.05, 0.1) is 19.1 Å². The molecule has 156 valence electrons. The third-order valence-electron chi connectivity index (χ3n) is 5.67. The summed E-state index contributed by atoms with van der Waals surface area (Å²) in [7, 11) is 1.61. The van der Waals surface area contributed by atoms with Gasteiger partial charge in [-0.05, 0) is 40.5 Å². The normalized spacial score (nSPS) is 12.2. The molecule has 0 fully saturated rings. The lowest BCUT2D eigenvalue weighted by Gasteiger charge is -2.17. The Bertz CT molecular complexity index is 1310. The van der Waals surface area contributed by atoms with Crippen LogP contribution in [-0.4, -0.2) is 18.9 Å². The van der Waals surface area contributed by atoms with Gasteiger partial charge < -0.3 is 9.47 Å². The number of carbonyl (C=O) groups excluding carboxylic acids is 2. The number of benzene rings is 4. The molecule has 0 aliphatic carbocycles. The first-order valence-corrected chi connectivity index (χ1v) is 10.4. The zero-order valence-electron chi connectivity index (χ0n) is 17.5. The summed E-state index contributed by atoms with van der Waals surface area (Å²) in [6.07, 6.45) is 0.136. The molecule has 4 heteroatoms. The molecule has 0 saturated heterocycles. The van der Waals surface area contributed by atoms with Gasteiger partial charge in [0, 0.05) is 11.1 Å². The quantitative estimate of drug-likeness (QED) is 0.235. The van der Waals surface area contributed by atoms with E-state index >= 15 is 0 Å². The Kier molecular flexibility index (Phi) is 5.04. The van der Waals surface area contributed by atoms with E-state index in [4.69, 9.17) is 9.47 Å². The van der Waals surface area contributed by atoms with Gasteiger partial charge in [-0.25, -0.2) is 0 Å². The molecule has 5 rings (SSSR count). The van der Waals surface area contributed by atoms with Gasteiger partial charge in [0.15, 0.2) is 5.78 Å². The third-order valence-corrected chi connectivity index (χ3v) is 5.67. The van der Waals surface area contributed by atoms with Crippen molar-refractivity contribution in [3.63, 3.8) is 0 Å². The minimum Gasteiger partial charge on any atom is -0.497 e. The van der Waals surface area contributed by atoms with E-state index < -0.39 is 0 Å². The Labute approximate surface area is 186 Å². The number of rotatable bonds is 5. The molecule has 1 aliphatic rings. The van der Waals surface area contributed by atoms with E-state index in [-0.39, 0.29) is 18.2 Å². The van der Waals surface area contributed by atoms with Gasteiger partial charge in [-0.1, -0.05) is 72.8 Å². The van der Waals surface area contributed by atoms with Gasteiger partial charge in [0.25, 0.3) is 0 Å². The van der Waals surface area contributed by atoms with E-state index in [1.807, 2.05) is 78.9 Å². The second-order valence-corrected chi connectivity index (χ2v) is 7.59. The summed E-state index contributed by atoms with van der Waals surface area (Å²) in [6, 6.07) is 28.4. The van der Waals surface area contributed by atoms with E-state index in [0.29, 0.717) is 22.4 Å². The Morgan fingerprint density at radius 1 is 0.812 bits per heavy atom. The van der Waals surface area contributed by atoms with Crippen LogP contribution in [0, 0.1) is 0 Å². The highest BCUT2D eigenvalue weighted by atomic mass is 16.5. The molecule has 32 heavy (non-hydrogen) atoms. The van der Waals surface area contributed by atoms with E-state index in [0.717, 1.165) is 28.0 Å². The fraction of sp³-hybridized carbons (Fsp3) is 0.0714. The molecule has 0 radical (unpaired) electrons. The van der Waals surface area contributed by atoms with Gasteiger partial charge in [-0.2, -0.15) is 0 Å². The molecule has 4 aromatic rings. The van der Waals surface area contributed by atoms with E-state index in [9.17, 15) is 9.59 Å². The molecular formula is C28H20O4. The van der Waals surface area contributed by atoms with Crippen LogP contribution in [0.5, 0.6) is 11.5 Å². The van der Waals surface area contributed by atoms with Crippen LogP contribution in [0.15, 0.2) is 91.0 Å². The van der Waals surface area contributed by atoms with E-state index in [1.165, 1.54) is 0 Å². The Morgan fingerprint density at radius 2 is 1.44 bits per heavy atom. The molecule has 4 aromatic carbocycles. The molecule has 0 aromatic heterocycles. The van der Waals surface area contributed by atoms with E-state index in [1.54, 1.807) is 19.2 Å². The van der Waals surface area contributed by atoms with Crippen LogP contribution in [0.25, 0.3) is 22.3 Å². The second-order valence-electron chi connectivity index (χ2n) is 7.59. The number of ketones is 1. The lowest BCUT2D eigenvalue weighted by molar-refractivity contribution is -0.131. The first-order chi connectivity index (χ1) is 15.7. The lowest BCUT2D eigenvalue weighted by atomic mass is 9.86. The zero-order chi connectivity index (χ0) is 22.1. The van der Waals surface area contributed by atoms with Crippen LogP contribution in [0.1, 0.15) is 21.5 Å². The molecule has 0 unspecified atom stereocenters. The van der Waals surface area contributed by atoms with Crippen LogP contribution in [0.2, 0.25) is 0 Å². The number of fused-ring (bicyclic) bond motifs is 1. The van der Waals surface area contributed by atoms with Crippen LogP contribution in [0.4, 0.5) is 0 Å². The highest BCUT2D eigenvalue weighted by Gasteiger charge is 2.32. The van der Waals surface area contributed by atoms with Crippen molar-refractivity contribution in [1.29, 1.82) is 0 Å². The molecule has 0 N–H and O–H groups in total. The third kappa shape index (κ3) is 3.46. The molecular weight excluding hydrogens is 400 g/mol. The first-order valence-electron chi connectivity index (χ1n) is 10.4. The first kappa shape index (κ1) is 19.8. The fourth-order valence-corrected chi connectivity index (χ4v) is 4.11. The minimum atomic E-state index is -0.355. The van der Waals surface area contributed by atoms with Crippen molar-refractivity contribution in [1.82, 2.24) is 0 Å². The van der Waals surface area contributed by atoms with Gasteiger partial charge in [0.1, 0.15) is 11.5 Å². The molecule has 0 atom stereocenters. The van der Waals surface area contributed by atoms with Gasteiger partial charge in [0.2, 0.25) is 0 Å². The Morgan fingerprint density at radius 3 is 2.09 bits per heavy atom. The summed E-state index contributed by atoms with van der Waals surface area (Å²) in [6.45, 7) is 0. The van der Waals surface area contributed by atoms with Crippen molar-refractivity contribution in [2.45, 2.75) is 6.42 Å². The highest BCUT2D eigenvalue weighted by Crippen LogP contribution is 2.44. The standard InChI is InChI=1S/C28H20O4/c1-31-21-14-12-19(13-15-21)23-16-22(18-8-4-2-5-9-18)24-17-25(29)32-28(24)26(23)27(30)20-10-6-3-7-11-20/h2-16H,17H2,1H3. The summed E-state index contributed by atoms with van der Waals surface area (Å²) in [5, 5.41) is 0. The Hall–Kier alpha value is -4.18. The molecule has 0 bridgehead atoms. The van der Waals surface area contributed by atoms with Gasteiger partial charge in [-0.15, -0.1) is 0 Å². The number of ether oxygens (including phenoxy) is 2. The SMILES string of the molecule is COc1ccc(-c2cc(-c3ccccc3)c3c(c2C(=O)c2ccccc2)OC(=O)C3)cc1. The highest BCUT2D eigenvalue weighted by molar-refractivity contribution is 6.16. The summed E-state index contributed by atoms with van der Waals surface area (Å²) in [5.41, 5.74) is 5.11. The fourth-order valence-electron chi connectivity index (χ4n) is 4.11. The summed E-state index contributed by atoms with van der Waals surface area (Å²) >= 11 is 0. The molecule has 0 amide bonds. The van der Waals surface area contributed by atoms with Crippen LogP contribution in [0.3, 0.4) is 0 Å². The smallest absolute Gasteiger partial charge is 0.315 e. The van der Waals surface area contributed by atoms with Crippen molar-refractivity contribution in [2.75, 3.05) is 7.11 Å². The average molecular weight is 420 g/mol. The maximum atomic E-state index is 13.7. The molecule has 1 heterocycles. The maximum absolute atomic E-state index is 13.7. The number of hydrogen-bond donors (Lipinski definition) is 0. The second kappa shape index (κ2) is 8.16. The minimum absolute atomic E-state index is 0.136. The largest absolute Gasteiger partial charge is 0.497 e. The maximum Gasteiger partial charge on any atom is 0.315 e. The molecule has 0 spiro atoms. The molecule has 0 saturated carbocycles. The predicted octanol–water partition coefficient (Wildman–Crippen LogP) is 5.72. The number of esters is 1. The van der Waals surface area contributed by atoms with Crippen molar-refractivity contribution in [2.24, 2.45) is 0 Å². The average Bonchev–Trinajstić information content (AvgIpc) is 3.24. The number of carbonyl (C=O) groups is 2. The van der Waals surface area contributed by atoms with Gasteiger partial charge in [-0.3, -0.25) is 9.59 Å². The van der Waals surface area contributed by atoms with Crippen molar-refractivity contribution < 1.29 is 19.1 Å². The summed E-state index contributed by atoms with van der Waals surface area (Å²) in [5.74, 6) is 0.546. The van der Waals surface area contributed by atoms with Gasteiger partial charge >= 0.3 is 5.97 Å². The molecule has 1 aliphatic heterocycles.